The highest BCUT2D eigenvalue weighted by molar-refractivity contribution is 6.30. The van der Waals surface area contributed by atoms with E-state index >= 15 is 0 Å². The zero-order valence-corrected chi connectivity index (χ0v) is 27.7. The summed E-state index contributed by atoms with van der Waals surface area (Å²) in [7, 11) is 0. The number of rotatable bonds is 5. The average Bonchev–Trinajstić information content (AvgIpc) is 3.47. The number of hydrogen-bond acceptors (Lipinski definition) is 8. The molecule has 5 heterocycles. The van der Waals surface area contributed by atoms with Gasteiger partial charge in [-0.05, 0) is 48.2 Å². The molecule has 54 heavy (non-hydrogen) atoms. The zero-order valence-electron chi connectivity index (χ0n) is 26.9. The van der Waals surface area contributed by atoms with Crippen molar-refractivity contribution in [3.8, 4) is 11.4 Å². The summed E-state index contributed by atoms with van der Waals surface area (Å²) in [5, 5.41) is 17.2. The van der Waals surface area contributed by atoms with E-state index in [1.807, 2.05) is 0 Å². The Hall–Kier alpha value is -6.27. The molecule has 19 heteroatoms. The van der Waals surface area contributed by atoms with Gasteiger partial charge in [0.25, 0.3) is 0 Å². The molecule has 4 N–H and O–H groups in total. The normalized spacial score (nSPS) is 17.3. The summed E-state index contributed by atoms with van der Waals surface area (Å²) in [6, 6.07) is 6.95. The molecular weight excluding hydrogens is 750 g/mol. The van der Waals surface area contributed by atoms with Crippen molar-refractivity contribution >= 4 is 51.4 Å². The van der Waals surface area contributed by atoms with Gasteiger partial charge in [-0.2, -0.15) is 0 Å². The van der Waals surface area contributed by atoms with Gasteiger partial charge in [-0.25, -0.2) is 45.9 Å². The van der Waals surface area contributed by atoms with Crippen LogP contribution >= 0.6 is 11.6 Å². The maximum absolute atomic E-state index is 14.8. The van der Waals surface area contributed by atoms with Crippen molar-refractivity contribution in [3.05, 3.63) is 133 Å². The van der Waals surface area contributed by atoms with Crippen LogP contribution in [-0.2, 0) is 0 Å². The molecule has 0 amide bonds. The third-order valence-corrected chi connectivity index (χ3v) is 9.43. The van der Waals surface area contributed by atoms with Crippen molar-refractivity contribution in [2.45, 2.75) is 6.04 Å². The highest BCUT2D eigenvalue weighted by atomic mass is 35.5. The second-order valence-corrected chi connectivity index (χ2v) is 12.8. The van der Waals surface area contributed by atoms with Crippen LogP contribution in [0, 0.1) is 46.7 Å². The Balaban J connectivity index is 0.000000171. The molecule has 1 aliphatic carbocycles. The molecule has 1 saturated heterocycles. The van der Waals surface area contributed by atoms with Crippen LogP contribution in [0.4, 0.5) is 32.2 Å². The Labute approximate surface area is 301 Å². The number of carboxylic acids is 2. The summed E-state index contributed by atoms with van der Waals surface area (Å²) < 4.78 is 85.4. The van der Waals surface area contributed by atoms with E-state index in [1.54, 1.807) is 4.90 Å². The van der Waals surface area contributed by atoms with E-state index in [9.17, 15) is 50.6 Å². The molecule has 0 radical (unpaired) electrons. The molecule has 0 bridgehead atoms. The lowest BCUT2D eigenvalue weighted by molar-refractivity contribution is 0.0684. The van der Waals surface area contributed by atoms with Gasteiger partial charge >= 0.3 is 11.9 Å². The van der Waals surface area contributed by atoms with E-state index in [2.05, 4.69) is 9.97 Å². The third kappa shape index (κ3) is 6.17. The summed E-state index contributed by atoms with van der Waals surface area (Å²) in [5.41, 5.74) is 1.67. The molecule has 3 atom stereocenters. The van der Waals surface area contributed by atoms with Gasteiger partial charge in [-0.1, -0.05) is 11.6 Å². The predicted octanol–water partition coefficient (Wildman–Crippen LogP) is 5.05. The van der Waals surface area contributed by atoms with E-state index in [0.29, 0.717) is 25.2 Å². The lowest BCUT2D eigenvalue weighted by Gasteiger charge is -2.22. The molecule has 6 aromatic rings. The number of benzene rings is 2. The third-order valence-electron chi connectivity index (χ3n) is 9.16. The van der Waals surface area contributed by atoms with Crippen LogP contribution in [0.5, 0.6) is 0 Å². The van der Waals surface area contributed by atoms with Crippen LogP contribution in [0.25, 0.3) is 33.4 Å². The SMILES string of the molecule is NC1[C@H]2CN(c3nc4c(cc3F)c(=O)c(C(=O)O)cn4-c3ccc(F)cc3F)C[C@@H]12.O=C(O)c1cn(-c2ccc(F)cc2F)c2nc(Cl)c(F)cc2c1=O. The monoisotopic (exact) mass is 770 g/mol. The van der Waals surface area contributed by atoms with Crippen LogP contribution in [-0.4, -0.2) is 60.4 Å². The molecule has 12 nitrogen and oxygen atoms in total. The molecule has 276 valence electrons. The van der Waals surface area contributed by atoms with Crippen molar-refractivity contribution < 1.29 is 46.1 Å². The molecule has 2 fully saturated rings. The van der Waals surface area contributed by atoms with Gasteiger partial charge < -0.3 is 20.8 Å². The van der Waals surface area contributed by atoms with Gasteiger partial charge in [-0.15, -0.1) is 0 Å². The first-order chi connectivity index (χ1) is 25.5. The Morgan fingerprint density at radius 2 is 1.13 bits per heavy atom. The van der Waals surface area contributed by atoms with E-state index in [-0.39, 0.29) is 51.8 Å². The fraction of sp³-hybridized carbons (Fsp3) is 0.143. The Kier molecular flexibility index (Phi) is 8.89. The van der Waals surface area contributed by atoms with Crippen LogP contribution in [0.15, 0.2) is 70.5 Å². The highest BCUT2D eigenvalue weighted by Crippen LogP contribution is 2.45. The van der Waals surface area contributed by atoms with E-state index in [0.717, 1.165) is 57.9 Å². The van der Waals surface area contributed by atoms with Gasteiger partial charge in [0, 0.05) is 43.7 Å². The maximum atomic E-state index is 14.8. The minimum atomic E-state index is -1.59. The first kappa shape index (κ1) is 36.1. The fourth-order valence-electron chi connectivity index (χ4n) is 6.41. The number of piperidine rings is 1. The summed E-state index contributed by atoms with van der Waals surface area (Å²) in [6.07, 6.45) is 1.74. The first-order valence-electron chi connectivity index (χ1n) is 15.6. The van der Waals surface area contributed by atoms with Gasteiger partial charge in [-0.3, -0.25) is 18.7 Å². The van der Waals surface area contributed by atoms with Gasteiger partial charge in [0.05, 0.1) is 22.1 Å². The Bertz CT molecular complexity index is 2720. The first-order valence-corrected chi connectivity index (χ1v) is 16.0. The second-order valence-electron chi connectivity index (χ2n) is 12.4. The predicted molar refractivity (Wildman–Crippen MR) is 181 cm³/mol. The lowest BCUT2D eigenvalue weighted by atomic mass is 10.1. The second kappa shape index (κ2) is 13.3. The molecule has 1 saturated carbocycles. The standard InChI is InChI=1S/C20H15F3N4O3.C15H6ClF3N2O3/c21-8-1-2-15(13(22)3-8)27-7-12(20(29)30)17(28)9-4-14(23)19(25-18(9)27)26-5-10-11(6-26)16(10)24;16-13-10(19)4-7-12(22)8(15(23)24)5-21(14(7)20-13)11-2-1-6(17)3-9(11)18/h1-4,7,10-11,16H,5-6,24H2,(H,29,30);1-5H,(H,23,24)/t10-,11+,16?;. The highest BCUT2D eigenvalue weighted by Gasteiger charge is 2.54. The largest absolute Gasteiger partial charge is 0.477 e. The molecule has 2 aliphatic rings. The number of fused-ring (bicyclic) bond motifs is 3. The number of nitrogens with two attached hydrogens (primary N) is 1. The number of nitrogens with zero attached hydrogens (tertiary/aromatic N) is 5. The van der Waals surface area contributed by atoms with E-state index in [1.165, 1.54) is 0 Å². The number of carboxylic acid groups (broad SMARTS) is 2. The minimum Gasteiger partial charge on any atom is -0.477 e. The van der Waals surface area contributed by atoms with Gasteiger partial charge in [0.2, 0.25) is 10.9 Å². The average molecular weight is 771 g/mol. The number of hydrogen-bond donors (Lipinski definition) is 3. The topological polar surface area (TPSA) is 174 Å². The van der Waals surface area contributed by atoms with Crippen molar-refractivity contribution in [3.63, 3.8) is 0 Å². The molecule has 0 spiro atoms. The number of halogens is 7. The lowest BCUT2D eigenvalue weighted by Crippen LogP contribution is -2.30. The van der Waals surface area contributed by atoms with E-state index in [4.69, 9.17) is 22.4 Å². The Morgan fingerprint density at radius 1 is 0.685 bits per heavy atom. The van der Waals surface area contributed by atoms with Crippen molar-refractivity contribution in [2.24, 2.45) is 17.6 Å². The molecule has 1 aliphatic heterocycles. The van der Waals surface area contributed by atoms with E-state index < -0.39 is 79.4 Å². The Morgan fingerprint density at radius 3 is 1.57 bits per heavy atom. The molecule has 8 rings (SSSR count). The molecule has 4 aromatic heterocycles. The smallest absolute Gasteiger partial charge is 0.341 e. The van der Waals surface area contributed by atoms with Crippen LogP contribution in [0.3, 0.4) is 0 Å². The van der Waals surface area contributed by atoms with Crippen molar-refractivity contribution in [1.82, 2.24) is 19.1 Å². The number of carbonyl (C=O) groups is 2. The summed E-state index contributed by atoms with van der Waals surface area (Å²) in [4.78, 5) is 57.1. The summed E-state index contributed by atoms with van der Waals surface area (Å²) >= 11 is 5.60. The van der Waals surface area contributed by atoms with Crippen LogP contribution in [0.1, 0.15) is 20.7 Å². The molecule has 2 aromatic carbocycles. The summed E-state index contributed by atoms with van der Waals surface area (Å²) in [5.74, 6) is -8.20. The quantitative estimate of drug-likeness (QED) is 0.159. The number of aromatic carboxylic acids is 2. The number of pyridine rings is 4. The molecule has 1 unspecified atom stereocenters. The van der Waals surface area contributed by atoms with Gasteiger partial charge in [0.1, 0.15) is 34.4 Å². The van der Waals surface area contributed by atoms with Gasteiger partial charge in [0.15, 0.2) is 33.9 Å². The van der Waals surface area contributed by atoms with Crippen molar-refractivity contribution in [1.29, 1.82) is 0 Å². The number of anilines is 1. The maximum Gasteiger partial charge on any atom is 0.341 e. The van der Waals surface area contributed by atoms with Crippen LogP contribution < -0.4 is 21.5 Å². The van der Waals surface area contributed by atoms with Crippen molar-refractivity contribution in [2.75, 3.05) is 18.0 Å². The zero-order chi connectivity index (χ0) is 38.9. The minimum absolute atomic E-state index is 0.0272. The number of aromatic nitrogens is 4. The molecular formula is C35H21ClF6N6O6. The fourth-order valence-corrected chi connectivity index (χ4v) is 6.54. The summed E-state index contributed by atoms with van der Waals surface area (Å²) in [6.45, 7) is 1.01. The van der Waals surface area contributed by atoms with Crippen LogP contribution in [0.2, 0.25) is 5.15 Å².